The summed E-state index contributed by atoms with van der Waals surface area (Å²) < 4.78 is 0. The maximum absolute atomic E-state index is 3.35. The lowest BCUT2D eigenvalue weighted by Gasteiger charge is -2.12. The average molecular weight is 221 g/mol. The fourth-order valence-corrected chi connectivity index (χ4v) is 2.56. The van der Waals surface area contributed by atoms with Gasteiger partial charge in [0, 0.05) is 23.5 Å². The molecular formula is C16H15N. The molecule has 0 amide bonds. The number of nitrogens with one attached hydrogen (secondary N) is 1. The summed E-state index contributed by atoms with van der Waals surface area (Å²) in [6.07, 6.45) is 0. The Hall–Kier alpha value is -2.02. The summed E-state index contributed by atoms with van der Waals surface area (Å²) in [5.41, 5.74) is 2.55. The second-order valence-electron chi connectivity index (χ2n) is 4.40. The molecule has 0 bridgehead atoms. The summed E-state index contributed by atoms with van der Waals surface area (Å²) in [5.74, 6) is 0. The molecule has 0 saturated heterocycles. The van der Waals surface area contributed by atoms with Crippen LogP contribution in [0, 0.1) is 6.92 Å². The highest BCUT2D eigenvalue weighted by molar-refractivity contribution is 6.12. The maximum Gasteiger partial charge on any atom is 0.0499 e. The third-order valence-electron chi connectivity index (χ3n) is 3.35. The molecular weight excluding hydrogens is 206 g/mol. The van der Waals surface area contributed by atoms with Crippen molar-refractivity contribution in [1.82, 2.24) is 0 Å². The van der Waals surface area contributed by atoms with Crippen LogP contribution in [0.4, 0.5) is 5.69 Å². The van der Waals surface area contributed by atoms with Gasteiger partial charge in [0.05, 0.1) is 0 Å². The van der Waals surface area contributed by atoms with E-state index in [1.54, 1.807) is 0 Å². The van der Waals surface area contributed by atoms with Crippen LogP contribution in [0.5, 0.6) is 0 Å². The minimum Gasteiger partial charge on any atom is -0.387 e. The molecule has 0 aliphatic carbocycles. The molecule has 17 heavy (non-hydrogen) atoms. The Labute approximate surface area is 101 Å². The summed E-state index contributed by atoms with van der Waals surface area (Å²) in [7, 11) is 1.99. The molecule has 0 heterocycles. The SMILES string of the molecule is CNc1c2ccccc2cc2cccc(C)c12. The molecule has 3 aromatic rings. The Kier molecular flexibility index (Phi) is 2.25. The molecule has 1 N–H and O–H groups in total. The lowest BCUT2D eigenvalue weighted by molar-refractivity contribution is 1.51. The standard InChI is InChI=1S/C16H15N/c1-11-6-5-8-13-10-12-7-3-4-9-14(12)16(17-2)15(11)13/h3-10,17H,1-2H3. The van der Waals surface area contributed by atoms with Crippen molar-refractivity contribution in [1.29, 1.82) is 0 Å². The van der Waals surface area contributed by atoms with Crippen molar-refractivity contribution in [2.24, 2.45) is 0 Å². The van der Waals surface area contributed by atoms with Gasteiger partial charge in [0.25, 0.3) is 0 Å². The number of anilines is 1. The Bertz CT molecular complexity index is 698. The highest BCUT2D eigenvalue weighted by atomic mass is 14.8. The van der Waals surface area contributed by atoms with Crippen LogP contribution in [0.3, 0.4) is 0 Å². The lowest BCUT2D eigenvalue weighted by atomic mass is 9.98. The molecule has 0 atom stereocenters. The van der Waals surface area contributed by atoms with E-state index in [0.29, 0.717) is 0 Å². The maximum atomic E-state index is 3.35. The Morgan fingerprint density at radius 1 is 0.882 bits per heavy atom. The molecule has 0 fully saturated rings. The predicted octanol–water partition coefficient (Wildman–Crippen LogP) is 4.34. The van der Waals surface area contributed by atoms with Gasteiger partial charge in [-0.15, -0.1) is 0 Å². The fourth-order valence-electron chi connectivity index (χ4n) is 2.56. The normalized spacial score (nSPS) is 10.9. The Morgan fingerprint density at radius 3 is 2.47 bits per heavy atom. The van der Waals surface area contributed by atoms with Crippen LogP contribution in [0.1, 0.15) is 5.56 Å². The van der Waals surface area contributed by atoms with Gasteiger partial charge in [-0.3, -0.25) is 0 Å². The first-order valence-electron chi connectivity index (χ1n) is 5.90. The lowest BCUT2D eigenvalue weighted by Crippen LogP contribution is -1.93. The molecule has 1 nitrogen and oxygen atoms in total. The van der Waals surface area contributed by atoms with Crippen LogP contribution in [0.2, 0.25) is 0 Å². The number of fused-ring (bicyclic) bond motifs is 2. The number of hydrogen-bond acceptors (Lipinski definition) is 1. The number of aryl methyl sites for hydroxylation is 1. The molecule has 1 heteroatoms. The van der Waals surface area contributed by atoms with Crippen molar-refractivity contribution in [3.8, 4) is 0 Å². The quantitative estimate of drug-likeness (QED) is 0.603. The van der Waals surface area contributed by atoms with E-state index in [1.165, 1.54) is 32.8 Å². The summed E-state index contributed by atoms with van der Waals surface area (Å²) in [4.78, 5) is 0. The van der Waals surface area contributed by atoms with Gasteiger partial charge in [-0.05, 0) is 29.3 Å². The topological polar surface area (TPSA) is 12.0 Å². The van der Waals surface area contributed by atoms with Crippen molar-refractivity contribution < 1.29 is 0 Å². The second kappa shape index (κ2) is 3.77. The van der Waals surface area contributed by atoms with E-state index in [9.17, 15) is 0 Å². The van der Waals surface area contributed by atoms with Crippen molar-refractivity contribution in [2.45, 2.75) is 6.92 Å². The van der Waals surface area contributed by atoms with Crippen LogP contribution in [0.25, 0.3) is 21.5 Å². The van der Waals surface area contributed by atoms with Crippen LogP contribution in [-0.4, -0.2) is 7.05 Å². The summed E-state index contributed by atoms with van der Waals surface area (Å²) >= 11 is 0. The van der Waals surface area contributed by atoms with Gasteiger partial charge in [-0.1, -0.05) is 42.5 Å². The third-order valence-corrected chi connectivity index (χ3v) is 3.35. The zero-order valence-corrected chi connectivity index (χ0v) is 10.1. The van der Waals surface area contributed by atoms with Gasteiger partial charge in [0.15, 0.2) is 0 Å². The van der Waals surface area contributed by atoms with Crippen molar-refractivity contribution >= 4 is 27.2 Å². The van der Waals surface area contributed by atoms with E-state index in [0.717, 1.165) is 0 Å². The van der Waals surface area contributed by atoms with Crippen molar-refractivity contribution in [3.63, 3.8) is 0 Å². The first kappa shape index (κ1) is 10.2. The van der Waals surface area contributed by atoms with E-state index >= 15 is 0 Å². The zero-order valence-electron chi connectivity index (χ0n) is 10.1. The van der Waals surface area contributed by atoms with E-state index in [-0.39, 0.29) is 0 Å². The number of hydrogen-bond donors (Lipinski definition) is 1. The monoisotopic (exact) mass is 221 g/mol. The van der Waals surface area contributed by atoms with Gasteiger partial charge in [0.2, 0.25) is 0 Å². The van der Waals surface area contributed by atoms with Crippen LogP contribution >= 0.6 is 0 Å². The van der Waals surface area contributed by atoms with Crippen LogP contribution < -0.4 is 5.32 Å². The van der Waals surface area contributed by atoms with E-state index in [1.807, 2.05) is 7.05 Å². The first-order valence-corrected chi connectivity index (χ1v) is 5.90. The van der Waals surface area contributed by atoms with E-state index in [2.05, 4.69) is 60.8 Å². The highest BCUT2D eigenvalue weighted by Crippen LogP contribution is 2.34. The van der Waals surface area contributed by atoms with E-state index in [4.69, 9.17) is 0 Å². The van der Waals surface area contributed by atoms with Gasteiger partial charge in [-0.2, -0.15) is 0 Å². The fraction of sp³-hybridized carbons (Fsp3) is 0.125. The van der Waals surface area contributed by atoms with E-state index < -0.39 is 0 Å². The molecule has 0 radical (unpaired) electrons. The largest absolute Gasteiger partial charge is 0.387 e. The van der Waals surface area contributed by atoms with Gasteiger partial charge in [0.1, 0.15) is 0 Å². The number of rotatable bonds is 1. The molecule has 0 spiro atoms. The van der Waals surface area contributed by atoms with Crippen molar-refractivity contribution in [3.05, 3.63) is 54.1 Å². The molecule has 3 aromatic carbocycles. The van der Waals surface area contributed by atoms with Gasteiger partial charge in [-0.25, -0.2) is 0 Å². The summed E-state index contributed by atoms with van der Waals surface area (Å²) in [6, 6.07) is 17.2. The predicted molar refractivity (Wildman–Crippen MR) is 75.7 cm³/mol. The Balaban J connectivity index is 2.59. The minimum atomic E-state index is 1.23. The molecule has 0 aliphatic rings. The molecule has 3 rings (SSSR count). The summed E-state index contributed by atoms with van der Waals surface area (Å²) in [5, 5.41) is 8.56. The molecule has 0 aromatic heterocycles. The first-order chi connectivity index (χ1) is 8.31. The van der Waals surface area contributed by atoms with Crippen LogP contribution in [0.15, 0.2) is 48.5 Å². The molecule has 0 aliphatic heterocycles. The van der Waals surface area contributed by atoms with Crippen LogP contribution in [-0.2, 0) is 0 Å². The third kappa shape index (κ3) is 1.47. The molecule has 0 unspecified atom stereocenters. The highest BCUT2D eigenvalue weighted by Gasteiger charge is 2.07. The van der Waals surface area contributed by atoms with Gasteiger partial charge >= 0.3 is 0 Å². The summed E-state index contributed by atoms with van der Waals surface area (Å²) in [6.45, 7) is 2.16. The Morgan fingerprint density at radius 2 is 1.65 bits per heavy atom. The average Bonchev–Trinajstić information content (AvgIpc) is 2.36. The smallest absolute Gasteiger partial charge is 0.0499 e. The van der Waals surface area contributed by atoms with Gasteiger partial charge < -0.3 is 5.32 Å². The van der Waals surface area contributed by atoms with Crippen molar-refractivity contribution in [2.75, 3.05) is 12.4 Å². The second-order valence-corrected chi connectivity index (χ2v) is 4.40. The molecule has 84 valence electrons. The molecule has 0 saturated carbocycles. The minimum absolute atomic E-state index is 1.23. The zero-order chi connectivity index (χ0) is 11.8. The number of benzene rings is 3.